The molecular weight excluding hydrogens is 426 g/mol. The highest BCUT2D eigenvalue weighted by atomic mass is 19.1. The maximum Gasteiger partial charge on any atom is 0.226 e. The predicted molar refractivity (Wildman–Crippen MR) is 118 cm³/mol. The molecule has 0 aliphatic heterocycles. The Morgan fingerprint density at radius 2 is 1.76 bits per heavy atom. The molecule has 3 aromatic heterocycles. The molecule has 9 heteroatoms. The number of nitriles is 1. The maximum absolute atomic E-state index is 13.8. The number of halogens is 2. The smallest absolute Gasteiger partial charge is 0.226 e. The number of ether oxygens (including phenoxy) is 1. The summed E-state index contributed by atoms with van der Waals surface area (Å²) in [5, 5.41) is 10.0. The van der Waals surface area contributed by atoms with Crippen LogP contribution in [-0.2, 0) is 7.05 Å². The molecule has 0 saturated heterocycles. The number of pyridine rings is 2. The maximum atomic E-state index is 13.8. The van der Waals surface area contributed by atoms with E-state index in [1.54, 1.807) is 52.8 Å². The van der Waals surface area contributed by atoms with Crippen molar-refractivity contribution in [2.24, 2.45) is 12.0 Å². The topological polar surface area (TPSA) is 81.0 Å². The Labute approximate surface area is 186 Å². The van der Waals surface area contributed by atoms with Gasteiger partial charge in [0.1, 0.15) is 11.6 Å². The van der Waals surface area contributed by atoms with Crippen LogP contribution < -0.4 is 10.4 Å². The number of methoxy groups -OCH3 is 1. The fourth-order valence-electron chi connectivity index (χ4n) is 3.95. The minimum absolute atomic E-state index is 0.371. The first kappa shape index (κ1) is 20.3. The lowest BCUT2D eigenvalue weighted by Gasteiger charge is -2.09. The van der Waals surface area contributed by atoms with E-state index >= 15 is 0 Å². The molecule has 0 spiro atoms. The standard InChI is InChI=1S/C24H16F2N6O/c1-31-21-12-28-20-5-3-14(15-7-16(25)10-17(26)8-15)9-19(20)23(21)32(24(31)30-13-27)18-4-6-22(33-2)29-11-18/h3-12H,1-2H3/b30-24-. The Hall–Kier alpha value is -4.58. The molecule has 162 valence electrons. The van der Waals surface area contributed by atoms with Crippen molar-refractivity contribution < 1.29 is 13.5 Å². The molecule has 0 aliphatic rings. The Bertz CT molecular complexity index is 1620. The van der Waals surface area contributed by atoms with E-state index in [2.05, 4.69) is 15.0 Å². The minimum Gasteiger partial charge on any atom is -0.481 e. The van der Waals surface area contributed by atoms with Gasteiger partial charge in [-0.25, -0.2) is 13.8 Å². The summed E-state index contributed by atoms with van der Waals surface area (Å²) < 4.78 is 36.4. The third-order valence-electron chi connectivity index (χ3n) is 5.44. The van der Waals surface area contributed by atoms with Crippen molar-refractivity contribution in [3.05, 3.63) is 78.2 Å². The van der Waals surface area contributed by atoms with Gasteiger partial charge in [0, 0.05) is 24.6 Å². The average Bonchev–Trinajstić information content (AvgIpc) is 3.10. The van der Waals surface area contributed by atoms with Gasteiger partial charge < -0.3 is 9.30 Å². The molecule has 0 bridgehead atoms. The number of nitrogens with zero attached hydrogens (tertiary/aromatic N) is 6. The molecule has 0 saturated carbocycles. The lowest BCUT2D eigenvalue weighted by Crippen LogP contribution is -2.22. The number of aryl methyl sites for hydroxylation is 1. The van der Waals surface area contributed by atoms with E-state index in [9.17, 15) is 14.0 Å². The molecule has 0 atom stereocenters. The van der Waals surface area contributed by atoms with E-state index in [0.29, 0.717) is 33.8 Å². The van der Waals surface area contributed by atoms with E-state index in [0.717, 1.165) is 22.5 Å². The van der Waals surface area contributed by atoms with Gasteiger partial charge in [-0.1, -0.05) is 6.07 Å². The van der Waals surface area contributed by atoms with Crippen LogP contribution in [0.5, 0.6) is 5.88 Å². The molecule has 3 heterocycles. The van der Waals surface area contributed by atoms with Crippen molar-refractivity contribution >= 4 is 21.9 Å². The lowest BCUT2D eigenvalue weighted by molar-refractivity contribution is 0.398. The van der Waals surface area contributed by atoms with Crippen molar-refractivity contribution in [3.8, 4) is 28.9 Å². The first-order valence-corrected chi connectivity index (χ1v) is 9.90. The van der Waals surface area contributed by atoms with Crippen LogP contribution in [0.4, 0.5) is 8.78 Å². The second-order valence-corrected chi connectivity index (χ2v) is 7.35. The monoisotopic (exact) mass is 442 g/mol. The third kappa shape index (κ3) is 3.38. The SMILES string of the molecule is COc1ccc(-n2/c(=N\C#N)n(C)c3cnc4ccc(-c5cc(F)cc(F)c5)cc4c32)cn1. The van der Waals surface area contributed by atoms with Gasteiger partial charge in [0.15, 0.2) is 0 Å². The fraction of sp³-hybridized carbons (Fsp3) is 0.0833. The predicted octanol–water partition coefficient (Wildman–Crippen LogP) is 4.25. The van der Waals surface area contributed by atoms with E-state index < -0.39 is 11.6 Å². The number of aromatic nitrogens is 4. The number of fused-ring (bicyclic) bond motifs is 3. The summed E-state index contributed by atoms with van der Waals surface area (Å²) in [5.41, 5.74) is 4.17. The Balaban J connectivity index is 1.89. The molecule has 0 aliphatic carbocycles. The number of rotatable bonds is 3. The largest absolute Gasteiger partial charge is 0.481 e. The summed E-state index contributed by atoms with van der Waals surface area (Å²) in [6, 6.07) is 12.3. The zero-order valence-electron chi connectivity index (χ0n) is 17.6. The van der Waals surface area contributed by atoms with Crippen molar-refractivity contribution in [2.45, 2.75) is 0 Å². The third-order valence-corrected chi connectivity index (χ3v) is 5.44. The van der Waals surface area contributed by atoms with Gasteiger partial charge in [0.25, 0.3) is 0 Å². The second kappa shape index (κ2) is 7.84. The van der Waals surface area contributed by atoms with E-state index in [1.807, 2.05) is 12.3 Å². The van der Waals surface area contributed by atoms with Crippen LogP contribution in [0, 0.1) is 23.1 Å². The molecule has 33 heavy (non-hydrogen) atoms. The lowest BCUT2D eigenvalue weighted by atomic mass is 10.0. The van der Waals surface area contributed by atoms with Gasteiger partial charge in [-0.2, -0.15) is 5.26 Å². The zero-order chi connectivity index (χ0) is 23.1. The molecule has 5 rings (SSSR count). The first-order chi connectivity index (χ1) is 16.0. The summed E-state index contributed by atoms with van der Waals surface area (Å²) in [6.45, 7) is 0. The summed E-state index contributed by atoms with van der Waals surface area (Å²) in [5.74, 6) is -0.869. The number of hydrogen-bond acceptors (Lipinski definition) is 5. The van der Waals surface area contributed by atoms with Gasteiger partial charge in [0.2, 0.25) is 17.7 Å². The second-order valence-electron chi connectivity index (χ2n) is 7.35. The van der Waals surface area contributed by atoms with Crippen LogP contribution >= 0.6 is 0 Å². The normalized spacial score (nSPS) is 11.8. The Kier molecular flexibility index (Phi) is 4.83. The molecule has 7 nitrogen and oxygen atoms in total. The van der Waals surface area contributed by atoms with Crippen LogP contribution in [0.1, 0.15) is 0 Å². The van der Waals surface area contributed by atoms with Crippen LogP contribution in [-0.4, -0.2) is 26.2 Å². The quantitative estimate of drug-likeness (QED) is 0.391. The number of hydrogen-bond donors (Lipinski definition) is 0. The summed E-state index contributed by atoms with van der Waals surface area (Å²) >= 11 is 0. The molecule has 0 N–H and O–H groups in total. The van der Waals surface area contributed by atoms with Gasteiger partial charge in [0.05, 0.1) is 41.7 Å². The van der Waals surface area contributed by atoms with E-state index in [1.165, 1.54) is 19.2 Å². The van der Waals surface area contributed by atoms with Gasteiger partial charge >= 0.3 is 0 Å². The van der Waals surface area contributed by atoms with Crippen LogP contribution in [0.25, 0.3) is 38.8 Å². The summed E-state index contributed by atoms with van der Waals surface area (Å²) in [6.07, 6.45) is 5.17. The highest BCUT2D eigenvalue weighted by Gasteiger charge is 2.17. The van der Waals surface area contributed by atoms with Crippen molar-refractivity contribution in [3.63, 3.8) is 0 Å². The highest BCUT2D eigenvalue weighted by molar-refractivity contribution is 6.04. The van der Waals surface area contributed by atoms with Crippen LogP contribution in [0.3, 0.4) is 0 Å². The van der Waals surface area contributed by atoms with Crippen molar-refractivity contribution in [1.82, 2.24) is 19.1 Å². The van der Waals surface area contributed by atoms with Crippen molar-refractivity contribution in [2.75, 3.05) is 7.11 Å². The Morgan fingerprint density at radius 1 is 0.970 bits per heavy atom. The number of imidazole rings is 1. The number of benzene rings is 2. The first-order valence-electron chi connectivity index (χ1n) is 9.90. The van der Waals surface area contributed by atoms with Gasteiger partial charge in [-0.3, -0.25) is 9.55 Å². The molecular formula is C24H16F2N6O. The molecule has 2 aromatic carbocycles. The van der Waals surface area contributed by atoms with E-state index in [-0.39, 0.29) is 0 Å². The fourth-order valence-corrected chi connectivity index (χ4v) is 3.95. The molecule has 0 fully saturated rings. The summed E-state index contributed by atoms with van der Waals surface area (Å²) in [4.78, 5) is 12.8. The highest BCUT2D eigenvalue weighted by Crippen LogP contribution is 2.30. The Morgan fingerprint density at radius 3 is 2.42 bits per heavy atom. The van der Waals surface area contributed by atoms with Gasteiger partial charge in [-0.15, -0.1) is 4.99 Å². The molecule has 0 amide bonds. The molecule has 0 radical (unpaired) electrons. The van der Waals surface area contributed by atoms with Crippen LogP contribution in [0.15, 0.2) is 65.9 Å². The van der Waals surface area contributed by atoms with Crippen molar-refractivity contribution in [1.29, 1.82) is 5.26 Å². The minimum atomic E-state index is -0.657. The van der Waals surface area contributed by atoms with Gasteiger partial charge in [-0.05, 0) is 41.5 Å². The zero-order valence-corrected chi connectivity index (χ0v) is 17.6. The molecule has 0 unspecified atom stereocenters. The molecule has 5 aromatic rings. The summed E-state index contributed by atoms with van der Waals surface area (Å²) in [7, 11) is 3.31. The average molecular weight is 442 g/mol. The van der Waals surface area contributed by atoms with Crippen LogP contribution in [0.2, 0.25) is 0 Å². The van der Waals surface area contributed by atoms with E-state index in [4.69, 9.17) is 4.74 Å².